The second kappa shape index (κ2) is 6.69. The predicted octanol–water partition coefficient (Wildman–Crippen LogP) is 3.03. The molecule has 5 heteroatoms. The fourth-order valence-electron chi connectivity index (χ4n) is 3.61. The van der Waals surface area contributed by atoms with Gasteiger partial charge in [0.1, 0.15) is 5.82 Å². The number of piperidine rings is 1. The molecule has 0 unspecified atom stereocenters. The van der Waals surface area contributed by atoms with Crippen LogP contribution in [0.25, 0.3) is 0 Å². The van der Waals surface area contributed by atoms with Crippen LogP contribution in [0.15, 0.2) is 24.3 Å². The number of carboxylic acid groups (broad SMARTS) is 1. The number of benzene rings is 1. The SMILES string of the molecule is O=C(O)CC[C@@H]1CCCN(C(=O)[C@H]2C[C@@H]2c2ccc(F)cc2)C1. The first kappa shape index (κ1) is 16.0. The monoisotopic (exact) mass is 319 g/mol. The normalized spacial score (nSPS) is 26.8. The van der Waals surface area contributed by atoms with Crippen molar-refractivity contribution < 1.29 is 19.1 Å². The van der Waals surface area contributed by atoms with Crippen LogP contribution in [-0.2, 0) is 9.59 Å². The molecule has 124 valence electrons. The number of carbonyl (C=O) groups excluding carboxylic acids is 1. The summed E-state index contributed by atoms with van der Waals surface area (Å²) >= 11 is 0. The van der Waals surface area contributed by atoms with E-state index in [1.54, 1.807) is 12.1 Å². The van der Waals surface area contributed by atoms with Crippen LogP contribution >= 0.6 is 0 Å². The summed E-state index contributed by atoms with van der Waals surface area (Å²) in [7, 11) is 0. The maximum absolute atomic E-state index is 13.0. The van der Waals surface area contributed by atoms with Crippen LogP contribution in [0.3, 0.4) is 0 Å². The molecule has 1 aliphatic heterocycles. The average molecular weight is 319 g/mol. The van der Waals surface area contributed by atoms with Crippen molar-refractivity contribution in [3.8, 4) is 0 Å². The number of likely N-dealkylation sites (tertiary alicyclic amines) is 1. The molecule has 2 aliphatic rings. The zero-order valence-corrected chi connectivity index (χ0v) is 13.1. The Morgan fingerprint density at radius 1 is 1.26 bits per heavy atom. The summed E-state index contributed by atoms with van der Waals surface area (Å²) < 4.78 is 13.0. The molecule has 0 bridgehead atoms. The number of hydrogen-bond acceptors (Lipinski definition) is 2. The number of rotatable bonds is 5. The minimum absolute atomic E-state index is 0.0127. The Morgan fingerprint density at radius 2 is 2.00 bits per heavy atom. The molecule has 0 radical (unpaired) electrons. The van der Waals surface area contributed by atoms with Gasteiger partial charge in [0.25, 0.3) is 0 Å². The summed E-state index contributed by atoms with van der Waals surface area (Å²) in [6.07, 6.45) is 3.60. The molecule has 1 N–H and O–H groups in total. The Hall–Kier alpha value is -1.91. The molecule has 3 rings (SSSR count). The minimum atomic E-state index is -0.771. The van der Waals surface area contributed by atoms with Crippen molar-refractivity contribution in [2.24, 2.45) is 11.8 Å². The van der Waals surface area contributed by atoms with Crippen LogP contribution in [0.5, 0.6) is 0 Å². The Labute approximate surface area is 135 Å². The summed E-state index contributed by atoms with van der Waals surface area (Å²) in [6.45, 7) is 1.45. The van der Waals surface area contributed by atoms with E-state index in [0.717, 1.165) is 31.4 Å². The van der Waals surface area contributed by atoms with E-state index in [4.69, 9.17) is 5.11 Å². The van der Waals surface area contributed by atoms with Crippen molar-refractivity contribution in [1.82, 2.24) is 4.90 Å². The standard InChI is InChI=1S/C18H22FNO3/c19-14-6-4-13(5-7-14)15-10-16(15)18(23)20-9-1-2-12(11-20)3-8-17(21)22/h4-7,12,15-16H,1-3,8-11H2,(H,21,22)/t12-,15+,16-/m0/s1. The molecule has 0 spiro atoms. The van der Waals surface area contributed by atoms with Gasteiger partial charge in [-0.1, -0.05) is 12.1 Å². The Balaban J connectivity index is 1.54. The van der Waals surface area contributed by atoms with E-state index in [2.05, 4.69) is 0 Å². The van der Waals surface area contributed by atoms with Crippen LogP contribution < -0.4 is 0 Å². The van der Waals surface area contributed by atoms with Gasteiger partial charge in [0.15, 0.2) is 0 Å². The lowest BCUT2D eigenvalue weighted by Crippen LogP contribution is -2.41. The molecule has 1 saturated heterocycles. The molecule has 1 aliphatic carbocycles. The maximum Gasteiger partial charge on any atom is 0.303 e. The molecule has 1 saturated carbocycles. The van der Waals surface area contributed by atoms with E-state index in [1.165, 1.54) is 12.1 Å². The zero-order valence-electron chi connectivity index (χ0n) is 13.1. The van der Waals surface area contributed by atoms with Gasteiger partial charge in [0, 0.05) is 25.4 Å². The fourth-order valence-corrected chi connectivity index (χ4v) is 3.61. The van der Waals surface area contributed by atoms with Gasteiger partial charge in [-0.15, -0.1) is 0 Å². The Morgan fingerprint density at radius 3 is 2.70 bits per heavy atom. The summed E-state index contributed by atoms with van der Waals surface area (Å²) in [5, 5.41) is 8.79. The highest BCUT2D eigenvalue weighted by Crippen LogP contribution is 2.48. The van der Waals surface area contributed by atoms with Gasteiger partial charge in [-0.2, -0.15) is 0 Å². The van der Waals surface area contributed by atoms with Crippen LogP contribution in [0.2, 0.25) is 0 Å². The topological polar surface area (TPSA) is 57.6 Å². The van der Waals surface area contributed by atoms with Crippen LogP contribution in [0.1, 0.15) is 43.6 Å². The highest BCUT2D eigenvalue weighted by atomic mass is 19.1. The third-order valence-electron chi connectivity index (χ3n) is 5.00. The van der Waals surface area contributed by atoms with Crippen molar-refractivity contribution >= 4 is 11.9 Å². The van der Waals surface area contributed by atoms with Crippen molar-refractivity contribution in [3.05, 3.63) is 35.6 Å². The second-order valence-electron chi connectivity index (χ2n) is 6.73. The number of aliphatic carboxylic acids is 1. The largest absolute Gasteiger partial charge is 0.481 e. The van der Waals surface area contributed by atoms with Crippen molar-refractivity contribution in [2.75, 3.05) is 13.1 Å². The van der Waals surface area contributed by atoms with E-state index in [-0.39, 0.29) is 30.0 Å². The quantitative estimate of drug-likeness (QED) is 0.907. The fraction of sp³-hybridized carbons (Fsp3) is 0.556. The second-order valence-corrected chi connectivity index (χ2v) is 6.73. The smallest absolute Gasteiger partial charge is 0.303 e. The molecule has 23 heavy (non-hydrogen) atoms. The van der Waals surface area contributed by atoms with Gasteiger partial charge < -0.3 is 10.0 Å². The van der Waals surface area contributed by atoms with Gasteiger partial charge >= 0.3 is 5.97 Å². The molecule has 0 aromatic heterocycles. The summed E-state index contributed by atoms with van der Waals surface area (Å²) in [5.74, 6) is -0.325. The first-order valence-corrected chi connectivity index (χ1v) is 8.30. The number of nitrogens with zero attached hydrogens (tertiary/aromatic N) is 1. The first-order valence-electron chi connectivity index (χ1n) is 8.30. The van der Waals surface area contributed by atoms with Crippen molar-refractivity contribution in [3.63, 3.8) is 0 Å². The number of halogens is 1. The van der Waals surface area contributed by atoms with Crippen LogP contribution in [0.4, 0.5) is 4.39 Å². The van der Waals surface area contributed by atoms with Gasteiger partial charge in [0.05, 0.1) is 0 Å². The first-order chi connectivity index (χ1) is 11.0. The molecular weight excluding hydrogens is 297 g/mol. The van der Waals surface area contributed by atoms with Crippen molar-refractivity contribution in [1.29, 1.82) is 0 Å². The highest BCUT2D eigenvalue weighted by Gasteiger charge is 2.46. The average Bonchev–Trinajstić information content (AvgIpc) is 3.34. The van der Waals surface area contributed by atoms with E-state index in [9.17, 15) is 14.0 Å². The number of carbonyl (C=O) groups is 2. The minimum Gasteiger partial charge on any atom is -0.481 e. The van der Waals surface area contributed by atoms with Gasteiger partial charge in [-0.3, -0.25) is 9.59 Å². The Kier molecular flexibility index (Phi) is 4.64. The summed E-state index contributed by atoms with van der Waals surface area (Å²) in [5.41, 5.74) is 1.03. The zero-order chi connectivity index (χ0) is 16.4. The lowest BCUT2D eigenvalue weighted by molar-refractivity contribution is -0.137. The van der Waals surface area contributed by atoms with Crippen molar-refractivity contribution in [2.45, 2.75) is 38.0 Å². The predicted molar refractivity (Wildman–Crippen MR) is 83.4 cm³/mol. The lowest BCUT2D eigenvalue weighted by atomic mass is 9.93. The number of carboxylic acids is 1. The number of hydrogen-bond donors (Lipinski definition) is 1. The highest BCUT2D eigenvalue weighted by molar-refractivity contribution is 5.83. The molecule has 1 heterocycles. The van der Waals surface area contributed by atoms with Gasteiger partial charge in [0.2, 0.25) is 5.91 Å². The molecule has 2 fully saturated rings. The maximum atomic E-state index is 13.0. The summed E-state index contributed by atoms with van der Waals surface area (Å²) in [4.78, 5) is 25.2. The third kappa shape index (κ3) is 3.89. The van der Waals surface area contributed by atoms with E-state index < -0.39 is 5.97 Å². The van der Waals surface area contributed by atoms with E-state index in [0.29, 0.717) is 18.9 Å². The van der Waals surface area contributed by atoms with E-state index >= 15 is 0 Å². The molecule has 1 aromatic rings. The van der Waals surface area contributed by atoms with Crippen LogP contribution in [0, 0.1) is 17.7 Å². The molecule has 1 amide bonds. The molecule has 3 atom stereocenters. The summed E-state index contributed by atoms with van der Waals surface area (Å²) in [6, 6.07) is 6.41. The van der Waals surface area contributed by atoms with Gasteiger partial charge in [-0.25, -0.2) is 4.39 Å². The molecule has 1 aromatic carbocycles. The molecular formula is C18H22FNO3. The third-order valence-corrected chi connectivity index (χ3v) is 5.00. The Bertz CT molecular complexity index is 586. The number of amides is 1. The van der Waals surface area contributed by atoms with E-state index in [1.807, 2.05) is 4.90 Å². The van der Waals surface area contributed by atoms with Gasteiger partial charge in [-0.05, 0) is 55.2 Å². The van der Waals surface area contributed by atoms with Crippen LogP contribution in [-0.4, -0.2) is 35.0 Å². The lowest BCUT2D eigenvalue weighted by Gasteiger charge is -2.33. The molecule has 4 nitrogen and oxygen atoms in total.